The number of aromatic hydroxyl groups is 1. The molecule has 3 N–H and O–H groups in total. The van der Waals surface area contributed by atoms with Gasteiger partial charge >= 0.3 is 11.9 Å². The number of esters is 2. The predicted molar refractivity (Wildman–Crippen MR) is 173 cm³/mol. The van der Waals surface area contributed by atoms with Crippen molar-refractivity contribution >= 4 is 23.6 Å². The van der Waals surface area contributed by atoms with Gasteiger partial charge in [-0.2, -0.15) is 5.10 Å². The summed E-state index contributed by atoms with van der Waals surface area (Å²) in [4.78, 5) is 41.1. The molecular formula is C37H36N2O8. The second-order valence-electron chi connectivity index (χ2n) is 11.5. The first-order valence-corrected chi connectivity index (χ1v) is 15.1. The Hall–Kier alpha value is -5.48. The van der Waals surface area contributed by atoms with Gasteiger partial charge in [-0.1, -0.05) is 84.9 Å². The normalized spacial score (nSPS) is 21.4. The van der Waals surface area contributed by atoms with Gasteiger partial charge in [0.15, 0.2) is 0 Å². The summed E-state index contributed by atoms with van der Waals surface area (Å²) in [6, 6.07) is 31.0. The van der Waals surface area contributed by atoms with E-state index in [1.807, 2.05) is 60.7 Å². The van der Waals surface area contributed by atoms with Gasteiger partial charge in [-0.3, -0.25) is 14.4 Å². The monoisotopic (exact) mass is 636 g/mol. The van der Waals surface area contributed by atoms with Gasteiger partial charge < -0.3 is 24.4 Å². The summed E-state index contributed by atoms with van der Waals surface area (Å²) in [6.45, 7) is 1.38. The Kier molecular flexibility index (Phi) is 10.3. The van der Waals surface area contributed by atoms with Crippen LogP contribution < -0.4 is 10.2 Å². The number of aliphatic hydroxyl groups is 1. The molecule has 0 spiro atoms. The standard InChI is InChI=1S/C37H36N2O8/c1-37(44)21-29(38-39-34(41)28-15-9-10-16-30(28)40)32(35(42)46-22-24-11-5-3-6-12-24)31(26-17-19-27(45-2)20-18-26)33(37)36(43)47-23-25-13-7-4-8-14-25/h3-20,31-33,40,44H,21-23H2,1-2H3,(H,39,41). The lowest BCUT2D eigenvalue weighted by molar-refractivity contribution is -0.165. The Morgan fingerprint density at radius 1 is 0.809 bits per heavy atom. The molecule has 1 amide bonds. The van der Waals surface area contributed by atoms with E-state index >= 15 is 0 Å². The average Bonchev–Trinajstić information content (AvgIpc) is 3.09. The molecule has 4 aromatic carbocycles. The highest BCUT2D eigenvalue weighted by molar-refractivity contribution is 6.06. The summed E-state index contributed by atoms with van der Waals surface area (Å²) in [6.07, 6.45) is -0.267. The molecule has 0 heterocycles. The summed E-state index contributed by atoms with van der Waals surface area (Å²) in [5.74, 6) is -5.31. The highest BCUT2D eigenvalue weighted by Gasteiger charge is 2.56. The van der Waals surface area contributed by atoms with Crippen LogP contribution in [0.25, 0.3) is 0 Å². The van der Waals surface area contributed by atoms with Crippen molar-refractivity contribution in [1.82, 2.24) is 5.43 Å². The van der Waals surface area contributed by atoms with E-state index in [4.69, 9.17) is 14.2 Å². The third-order valence-corrected chi connectivity index (χ3v) is 8.19. The van der Waals surface area contributed by atoms with Gasteiger partial charge in [-0.05, 0) is 47.9 Å². The minimum atomic E-state index is -1.77. The first-order chi connectivity index (χ1) is 22.7. The number of nitrogens with zero attached hydrogens (tertiary/aromatic N) is 1. The first kappa shape index (κ1) is 32.9. The fourth-order valence-corrected chi connectivity index (χ4v) is 5.86. The quantitative estimate of drug-likeness (QED) is 0.160. The number of para-hydroxylation sites is 1. The van der Waals surface area contributed by atoms with Crippen molar-refractivity contribution in [3.05, 3.63) is 131 Å². The number of rotatable bonds is 10. The van der Waals surface area contributed by atoms with E-state index in [2.05, 4.69) is 10.5 Å². The van der Waals surface area contributed by atoms with Crippen molar-refractivity contribution in [3.8, 4) is 11.5 Å². The Labute approximate surface area is 272 Å². The zero-order valence-electron chi connectivity index (χ0n) is 26.0. The van der Waals surface area contributed by atoms with Gasteiger partial charge in [0.25, 0.3) is 5.91 Å². The molecule has 4 unspecified atom stereocenters. The number of amides is 1. The number of hydrogen-bond acceptors (Lipinski definition) is 9. The van der Waals surface area contributed by atoms with Crippen molar-refractivity contribution in [2.75, 3.05) is 7.11 Å². The molecule has 10 heteroatoms. The smallest absolute Gasteiger partial charge is 0.315 e. The molecule has 0 bridgehead atoms. The zero-order valence-corrected chi connectivity index (χ0v) is 26.0. The van der Waals surface area contributed by atoms with E-state index in [1.165, 1.54) is 26.2 Å². The van der Waals surface area contributed by atoms with Gasteiger partial charge in [0.05, 0.1) is 29.9 Å². The van der Waals surface area contributed by atoms with Crippen LogP contribution in [0, 0.1) is 11.8 Å². The van der Waals surface area contributed by atoms with Crippen LogP contribution in [0.5, 0.6) is 11.5 Å². The number of ether oxygens (including phenoxy) is 3. The number of phenols is 1. The van der Waals surface area contributed by atoms with Crippen molar-refractivity contribution in [2.45, 2.75) is 38.1 Å². The van der Waals surface area contributed by atoms with Crippen LogP contribution in [0.4, 0.5) is 0 Å². The van der Waals surface area contributed by atoms with Crippen LogP contribution in [-0.2, 0) is 32.3 Å². The molecule has 1 aliphatic rings. The number of methoxy groups -OCH3 is 1. The van der Waals surface area contributed by atoms with Gasteiger partial charge in [-0.15, -0.1) is 0 Å². The molecule has 5 rings (SSSR count). The molecule has 0 aliphatic heterocycles. The third-order valence-electron chi connectivity index (χ3n) is 8.19. The van der Waals surface area contributed by atoms with Gasteiger partial charge in [0, 0.05) is 12.3 Å². The lowest BCUT2D eigenvalue weighted by atomic mass is 9.61. The highest BCUT2D eigenvalue weighted by atomic mass is 16.5. The number of carbonyl (C=O) groups is 3. The lowest BCUT2D eigenvalue weighted by Gasteiger charge is -2.45. The minimum Gasteiger partial charge on any atom is -0.507 e. The molecule has 47 heavy (non-hydrogen) atoms. The van der Waals surface area contributed by atoms with Crippen LogP contribution in [0.15, 0.2) is 114 Å². The summed E-state index contributed by atoms with van der Waals surface area (Å²) in [5.41, 5.74) is 2.73. The number of phenolic OH excluding ortho intramolecular Hbond substituents is 1. The fraction of sp³-hybridized carbons (Fsp3) is 0.243. The fourth-order valence-electron chi connectivity index (χ4n) is 5.86. The molecule has 1 fully saturated rings. The van der Waals surface area contributed by atoms with Crippen molar-refractivity contribution in [1.29, 1.82) is 0 Å². The maximum Gasteiger partial charge on any atom is 0.315 e. The largest absolute Gasteiger partial charge is 0.507 e. The Morgan fingerprint density at radius 3 is 1.94 bits per heavy atom. The zero-order chi connectivity index (χ0) is 33.4. The molecule has 0 radical (unpaired) electrons. The predicted octanol–water partition coefficient (Wildman–Crippen LogP) is 5.14. The molecule has 242 valence electrons. The van der Waals surface area contributed by atoms with Gasteiger partial charge in [-0.25, -0.2) is 5.43 Å². The van der Waals surface area contributed by atoms with Crippen molar-refractivity contribution in [2.24, 2.45) is 16.9 Å². The van der Waals surface area contributed by atoms with E-state index in [0.717, 1.165) is 11.1 Å². The maximum atomic E-state index is 14.1. The van der Waals surface area contributed by atoms with Crippen LogP contribution in [0.2, 0.25) is 0 Å². The Morgan fingerprint density at radius 2 is 1.36 bits per heavy atom. The number of hydrogen-bond donors (Lipinski definition) is 3. The number of nitrogens with one attached hydrogen (secondary N) is 1. The number of hydrazone groups is 1. The van der Waals surface area contributed by atoms with E-state index < -0.39 is 41.2 Å². The van der Waals surface area contributed by atoms with E-state index in [0.29, 0.717) is 11.3 Å². The maximum absolute atomic E-state index is 14.1. The van der Waals surface area contributed by atoms with Crippen LogP contribution in [0.3, 0.4) is 0 Å². The topological polar surface area (TPSA) is 144 Å². The summed E-state index contributed by atoms with van der Waals surface area (Å²) >= 11 is 0. The van der Waals surface area contributed by atoms with E-state index in [-0.39, 0.29) is 36.7 Å². The third kappa shape index (κ3) is 7.85. The van der Waals surface area contributed by atoms with Crippen molar-refractivity contribution < 1.29 is 38.8 Å². The average molecular weight is 637 g/mol. The van der Waals surface area contributed by atoms with Crippen molar-refractivity contribution in [3.63, 3.8) is 0 Å². The molecule has 1 aliphatic carbocycles. The molecule has 0 saturated heterocycles. The molecule has 4 atom stereocenters. The second kappa shape index (κ2) is 14.7. The van der Waals surface area contributed by atoms with E-state index in [9.17, 15) is 24.6 Å². The van der Waals surface area contributed by atoms with Gasteiger partial charge in [0.2, 0.25) is 0 Å². The summed E-state index contributed by atoms with van der Waals surface area (Å²) in [7, 11) is 1.52. The molecule has 0 aromatic heterocycles. The SMILES string of the molecule is COc1ccc(C2C(C(=O)OCc3ccccc3)C(=NNC(=O)c3ccccc3O)CC(C)(O)C2C(=O)OCc2ccccc2)cc1. The Bertz CT molecular complexity index is 1720. The molecule has 4 aromatic rings. The van der Waals surface area contributed by atoms with Crippen LogP contribution >= 0.6 is 0 Å². The number of carbonyl (C=O) groups excluding carboxylic acids is 3. The summed E-state index contributed by atoms with van der Waals surface area (Å²) < 4.78 is 16.9. The molecule has 10 nitrogen and oxygen atoms in total. The van der Waals surface area contributed by atoms with E-state index in [1.54, 1.807) is 36.4 Å². The second-order valence-corrected chi connectivity index (χ2v) is 11.5. The van der Waals surface area contributed by atoms with Crippen LogP contribution in [-0.4, -0.2) is 46.5 Å². The molecular weight excluding hydrogens is 600 g/mol. The number of benzene rings is 4. The van der Waals surface area contributed by atoms with Gasteiger partial charge in [0.1, 0.15) is 30.6 Å². The minimum absolute atomic E-state index is 0.0308. The first-order valence-electron chi connectivity index (χ1n) is 15.1. The molecule has 1 saturated carbocycles. The highest BCUT2D eigenvalue weighted by Crippen LogP contribution is 2.47. The lowest BCUT2D eigenvalue weighted by Crippen LogP contribution is -2.55. The van der Waals surface area contributed by atoms with Crippen LogP contribution in [0.1, 0.15) is 46.3 Å². The summed E-state index contributed by atoms with van der Waals surface area (Å²) in [5, 5.41) is 26.4. The Balaban J connectivity index is 1.56.